The van der Waals surface area contributed by atoms with Gasteiger partial charge in [-0.05, 0) is 20.3 Å². The number of carbonyl (C=O) groups is 2. The number of halogens is 3. The van der Waals surface area contributed by atoms with Crippen LogP contribution in [0.2, 0.25) is 0 Å². The number of rotatable bonds is 5. The van der Waals surface area contributed by atoms with Crippen LogP contribution in [0.25, 0.3) is 0 Å². The summed E-state index contributed by atoms with van der Waals surface area (Å²) in [5.74, 6) is -1.49. The third-order valence-corrected chi connectivity index (χ3v) is 3.03. The molecule has 0 atom stereocenters. The minimum Gasteiger partial charge on any atom is -0.480 e. The van der Waals surface area contributed by atoms with Crippen molar-refractivity contribution in [2.45, 2.75) is 38.9 Å². The van der Waals surface area contributed by atoms with E-state index in [1.807, 2.05) is 0 Å². The van der Waals surface area contributed by atoms with E-state index >= 15 is 0 Å². The first kappa shape index (κ1) is 17.5. The number of carbonyl (C=O) groups excluding carboxylic acids is 1. The van der Waals surface area contributed by atoms with Crippen molar-refractivity contribution in [2.24, 2.45) is 0 Å². The second-order valence-corrected chi connectivity index (χ2v) is 4.87. The van der Waals surface area contributed by atoms with Crippen molar-refractivity contribution in [2.75, 3.05) is 20.1 Å². The molecule has 0 saturated carbocycles. The molecule has 0 aliphatic rings. The van der Waals surface area contributed by atoms with E-state index in [9.17, 15) is 22.8 Å². The topological polar surface area (TPSA) is 60.9 Å². The van der Waals surface area contributed by atoms with Gasteiger partial charge < -0.3 is 14.9 Å². The van der Waals surface area contributed by atoms with Gasteiger partial charge in [-0.25, -0.2) is 4.79 Å². The van der Waals surface area contributed by atoms with Gasteiger partial charge in [0.2, 0.25) is 0 Å². The molecule has 5 nitrogen and oxygen atoms in total. The Balaban J connectivity index is 5.05. The molecule has 0 aliphatic heterocycles. The Morgan fingerprint density at radius 3 is 2.00 bits per heavy atom. The molecule has 1 N–H and O–H groups in total. The molecule has 8 heteroatoms. The lowest BCUT2D eigenvalue weighted by molar-refractivity contribution is -0.150. The molecule has 0 rings (SSSR count). The largest absolute Gasteiger partial charge is 0.480 e. The molecule has 2 amide bonds. The van der Waals surface area contributed by atoms with Crippen LogP contribution in [0, 0.1) is 0 Å². The number of carboxylic acid groups (broad SMARTS) is 1. The smallest absolute Gasteiger partial charge is 0.406 e. The van der Waals surface area contributed by atoms with Gasteiger partial charge in [0, 0.05) is 12.6 Å². The highest BCUT2D eigenvalue weighted by Crippen LogP contribution is 2.21. The van der Waals surface area contributed by atoms with Gasteiger partial charge in [0.05, 0.1) is 0 Å². The zero-order valence-corrected chi connectivity index (χ0v) is 11.4. The second-order valence-electron chi connectivity index (χ2n) is 4.87. The highest BCUT2D eigenvalue weighted by molar-refractivity contribution is 5.80. The lowest BCUT2D eigenvalue weighted by Crippen LogP contribution is -2.53. The van der Waals surface area contributed by atoms with Gasteiger partial charge in [-0.15, -0.1) is 0 Å². The molecule has 112 valence electrons. The molecule has 0 bridgehead atoms. The van der Waals surface area contributed by atoms with E-state index in [2.05, 4.69) is 0 Å². The summed E-state index contributed by atoms with van der Waals surface area (Å²) in [5, 5.41) is 8.59. The highest BCUT2D eigenvalue weighted by Gasteiger charge is 2.37. The molecule has 0 aromatic carbocycles. The van der Waals surface area contributed by atoms with Crippen LogP contribution in [0.3, 0.4) is 0 Å². The lowest BCUT2D eigenvalue weighted by Gasteiger charge is -2.38. The van der Waals surface area contributed by atoms with E-state index in [4.69, 9.17) is 5.11 Å². The van der Waals surface area contributed by atoms with Crippen LogP contribution in [0.5, 0.6) is 0 Å². The van der Waals surface area contributed by atoms with Crippen LogP contribution in [-0.4, -0.2) is 58.8 Å². The fourth-order valence-electron chi connectivity index (χ4n) is 1.28. The van der Waals surface area contributed by atoms with Gasteiger partial charge in [-0.1, -0.05) is 6.92 Å². The summed E-state index contributed by atoms with van der Waals surface area (Å²) in [4.78, 5) is 23.9. The van der Waals surface area contributed by atoms with Crippen molar-refractivity contribution < 1.29 is 27.9 Å². The predicted octanol–water partition coefficient (Wildman–Crippen LogP) is 2.18. The molecule has 0 aromatic rings. The number of urea groups is 1. The first-order chi connectivity index (χ1) is 8.40. The molecule has 0 saturated heterocycles. The van der Waals surface area contributed by atoms with Gasteiger partial charge in [0.15, 0.2) is 0 Å². The minimum absolute atomic E-state index is 0.278. The average molecular weight is 284 g/mol. The minimum atomic E-state index is -4.64. The van der Waals surface area contributed by atoms with Gasteiger partial charge in [-0.3, -0.25) is 4.79 Å². The molecule has 0 radical (unpaired) electrons. The molecule has 0 fully saturated rings. The number of hydrogen-bond donors (Lipinski definition) is 1. The number of aliphatic carboxylic acids is 1. The Labute approximate surface area is 110 Å². The first-order valence-electron chi connectivity index (χ1n) is 5.72. The van der Waals surface area contributed by atoms with Crippen LogP contribution in [0.15, 0.2) is 0 Å². The van der Waals surface area contributed by atoms with Crippen LogP contribution < -0.4 is 0 Å². The maximum Gasteiger partial charge on any atom is 0.406 e. The van der Waals surface area contributed by atoms with E-state index in [0.29, 0.717) is 6.42 Å². The van der Waals surface area contributed by atoms with E-state index in [-0.39, 0.29) is 4.90 Å². The number of nitrogens with zero attached hydrogens (tertiary/aromatic N) is 2. The van der Waals surface area contributed by atoms with Crippen molar-refractivity contribution in [3.8, 4) is 0 Å². The fraction of sp³-hybridized carbons (Fsp3) is 0.818. The molecule has 19 heavy (non-hydrogen) atoms. The van der Waals surface area contributed by atoms with Gasteiger partial charge in [0.1, 0.15) is 13.1 Å². The molecule has 0 spiro atoms. The van der Waals surface area contributed by atoms with Crippen LogP contribution in [0.1, 0.15) is 27.2 Å². The maximum absolute atomic E-state index is 12.4. The molecular formula is C11H19F3N2O3. The standard InChI is InChI=1S/C11H19F3N2O3/c1-5-10(2,3)15(4)9(19)16(6-8(17)18)7-11(12,13)14/h5-7H2,1-4H3,(H,17,18). The molecule has 0 heterocycles. The number of amides is 2. The Morgan fingerprint density at radius 1 is 1.21 bits per heavy atom. The van der Waals surface area contributed by atoms with Gasteiger partial charge in [-0.2, -0.15) is 13.2 Å². The summed E-state index contributed by atoms with van der Waals surface area (Å²) >= 11 is 0. The summed E-state index contributed by atoms with van der Waals surface area (Å²) in [7, 11) is 1.36. The van der Waals surface area contributed by atoms with Crippen LogP contribution in [-0.2, 0) is 4.79 Å². The highest BCUT2D eigenvalue weighted by atomic mass is 19.4. The average Bonchev–Trinajstić information content (AvgIpc) is 2.23. The lowest BCUT2D eigenvalue weighted by atomic mass is 10.0. The third-order valence-electron chi connectivity index (χ3n) is 3.03. The normalized spacial score (nSPS) is 12.2. The summed E-state index contributed by atoms with van der Waals surface area (Å²) in [6.07, 6.45) is -4.11. The predicted molar refractivity (Wildman–Crippen MR) is 62.8 cm³/mol. The van der Waals surface area contributed by atoms with E-state index in [1.165, 1.54) is 7.05 Å². The van der Waals surface area contributed by atoms with Crippen molar-refractivity contribution >= 4 is 12.0 Å². The van der Waals surface area contributed by atoms with E-state index in [1.54, 1.807) is 20.8 Å². The fourth-order valence-corrected chi connectivity index (χ4v) is 1.28. The molecular weight excluding hydrogens is 265 g/mol. The SMILES string of the molecule is CCC(C)(C)N(C)C(=O)N(CC(=O)O)CC(F)(F)F. The monoisotopic (exact) mass is 284 g/mol. The second kappa shape index (κ2) is 6.12. The molecule has 0 aliphatic carbocycles. The third kappa shape index (κ3) is 5.80. The zero-order valence-electron chi connectivity index (χ0n) is 11.4. The van der Waals surface area contributed by atoms with Crippen molar-refractivity contribution in [3.63, 3.8) is 0 Å². The Kier molecular flexibility index (Phi) is 5.64. The Bertz CT molecular complexity index is 343. The van der Waals surface area contributed by atoms with Crippen LogP contribution >= 0.6 is 0 Å². The van der Waals surface area contributed by atoms with Crippen molar-refractivity contribution in [1.29, 1.82) is 0 Å². The molecule has 0 aromatic heterocycles. The first-order valence-corrected chi connectivity index (χ1v) is 5.72. The van der Waals surface area contributed by atoms with E-state index in [0.717, 1.165) is 4.90 Å². The van der Waals surface area contributed by atoms with E-state index < -0.39 is 36.8 Å². The maximum atomic E-state index is 12.4. The Morgan fingerprint density at radius 2 is 1.68 bits per heavy atom. The number of carboxylic acids is 1. The van der Waals surface area contributed by atoms with Crippen molar-refractivity contribution in [3.05, 3.63) is 0 Å². The Hall–Kier alpha value is -1.47. The number of hydrogen-bond acceptors (Lipinski definition) is 2. The summed E-state index contributed by atoms with van der Waals surface area (Å²) < 4.78 is 37.1. The molecule has 0 unspecified atom stereocenters. The number of alkyl halides is 3. The summed E-state index contributed by atoms with van der Waals surface area (Å²) in [5.41, 5.74) is -0.653. The van der Waals surface area contributed by atoms with Crippen molar-refractivity contribution in [1.82, 2.24) is 9.80 Å². The van der Waals surface area contributed by atoms with Crippen LogP contribution in [0.4, 0.5) is 18.0 Å². The quantitative estimate of drug-likeness (QED) is 0.841. The summed E-state index contributed by atoms with van der Waals surface area (Å²) in [6, 6.07) is -0.952. The van der Waals surface area contributed by atoms with Gasteiger partial charge in [0.25, 0.3) is 0 Å². The summed E-state index contributed by atoms with van der Waals surface area (Å²) in [6.45, 7) is 2.61. The van der Waals surface area contributed by atoms with Gasteiger partial charge >= 0.3 is 18.2 Å². The zero-order chi connectivity index (χ0) is 15.4.